The Bertz CT molecular complexity index is 1050. The van der Waals surface area contributed by atoms with E-state index in [1.165, 1.54) is 0 Å². The molecule has 3 nitrogen and oxygen atoms in total. The number of pyridine rings is 1. The number of fused-ring (bicyclic) bond motifs is 2. The zero-order chi connectivity index (χ0) is 24.9. The summed E-state index contributed by atoms with van der Waals surface area (Å²) in [5, 5.41) is 0. The van der Waals surface area contributed by atoms with E-state index in [2.05, 4.69) is 4.98 Å². The van der Waals surface area contributed by atoms with Crippen molar-refractivity contribution in [2.45, 2.75) is 25.2 Å². The van der Waals surface area contributed by atoms with Crippen LogP contribution in [0.2, 0.25) is 0 Å². The minimum Gasteiger partial charge on any atom is -0.488 e. The molecule has 0 radical (unpaired) electrons. The number of ether oxygens (including phenoxy) is 1. The van der Waals surface area contributed by atoms with Crippen molar-refractivity contribution in [1.29, 1.82) is 0 Å². The van der Waals surface area contributed by atoms with E-state index >= 15 is 0 Å². The highest BCUT2D eigenvalue weighted by Gasteiger charge is 2.51. The number of hydrogen-bond donors (Lipinski definition) is 0. The van der Waals surface area contributed by atoms with Gasteiger partial charge in [-0.2, -0.15) is 0 Å². The van der Waals surface area contributed by atoms with Crippen LogP contribution < -0.4 is 4.74 Å². The number of piperidine rings is 1. The number of hydrogen-bond acceptors (Lipinski definition) is 3. The van der Waals surface area contributed by atoms with Crippen molar-refractivity contribution in [3.8, 4) is 5.75 Å². The molecule has 0 aromatic carbocycles. The Kier molecular flexibility index (Phi) is 0.467. The molecule has 2 bridgehead atoms. The van der Waals surface area contributed by atoms with E-state index in [9.17, 15) is 0 Å². The highest BCUT2D eigenvalue weighted by atomic mass is 16.5. The molecule has 1 aromatic rings. The minimum atomic E-state index is -3.83. The van der Waals surface area contributed by atoms with Gasteiger partial charge in [-0.25, -0.2) is 0 Å². The summed E-state index contributed by atoms with van der Waals surface area (Å²) in [6.07, 6.45) is -16.0. The van der Waals surface area contributed by atoms with Gasteiger partial charge in [0.15, 0.2) is 0 Å². The van der Waals surface area contributed by atoms with Crippen LogP contribution in [0.4, 0.5) is 0 Å². The molecule has 3 aliphatic heterocycles. The Morgan fingerprint density at radius 1 is 1.69 bits per heavy atom. The molecule has 1 spiro atoms. The summed E-state index contributed by atoms with van der Waals surface area (Å²) < 4.78 is 139. The number of rotatable bonds is 0. The zero-order valence-electron chi connectivity index (χ0n) is 23.8. The SMILES string of the molecule is [2H]c1nc2c(c([2H])c1[2H])O[C@@]1([2H])C([2H])([2H])C([2H])([2H])N3C([2H])([2H])C([2H])([2H])[C@@]1(C2([2H])[2H])C3([2H])[2H]. The van der Waals surface area contributed by atoms with Crippen molar-refractivity contribution in [1.82, 2.24) is 9.88 Å². The van der Waals surface area contributed by atoms with Crippen molar-refractivity contribution in [2.75, 3.05) is 19.5 Å². The van der Waals surface area contributed by atoms with Gasteiger partial charge in [0.25, 0.3) is 0 Å². The number of nitrogens with zero attached hydrogens (tertiary/aromatic N) is 2. The topological polar surface area (TPSA) is 25.4 Å². The Hall–Kier alpha value is -1.09. The molecular weight excluding hydrogens is 200 g/mol. The molecule has 1 aromatic heterocycles. The molecule has 0 aliphatic carbocycles. The fourth-order valence-corrected chi connectivity index (χ4v) is 1.66. The molecular formula is C13H16N2O. The van der Waals surface area contributed by atoms with E-state index in [0.717, 1.165) is 0 Å². The third-order valence-electron chi connectivity index (χ3n) is 2.38. The minimum absolute atomic E-state index is 0.381. The molecule has 3 aliphatic rings. The second kappa shape index (κ2) is 2.98. The summed E-state index contributed by atoms with van der Waals surface area (Å²) in [4.78, 5) is 3.13. The van der Waals surface area contributed by atoms with Gasteiger partial charge in [-0.05, 0) is 31.3 Å². The molecule has 3 atom stereocenters. The van der Waals surface area contributed by atoms with Crippen LogP contribution in [0, 0.1) is 5.41 Å². The maximum Gasteiger partial charge on any atom is 0.141 e. The van der Waals surface area contributed by atoms with Crippen LogP contribution >= 0.6 is 0 Å². The van der Waals surface area contributed by atoms with E-state index in [1.807, 2.05) is 0 Å². The van der Waals surface area contributed by atoms with Crippen LogP contribution in [0.25, 0.3) is 0 Å². The Morgan fingerprint density at radius 2 is 2.69 bits per heavy atom. The number of aromatic nitrogens is 1. The summed E-state index contributed by atoms with van der Waals surface area (Å²) in [5.74, 6) is -1.04. The summed E-state index contributed by atoms with van der Waals surface area (Å²) in [6, 6.07) is -1.90. The molecule has 0 N–H and O–H groups in total. The zero-order valence-corrected chi connectivity index (χ0v) is 7.80. The lowest BCUT2D eigenvalue weighted by molar-refractivity contribution is -0.00192. The van der Waals surface area contributed by atoms with Crippen LogP contribution in [0.15, 0.2) is 18.3 Å². The van der Waals surface area contributed by atoms with Crippen LogP contribution in [0.3, 0.4) is 0 Å². The van der Waals surface area contributed by atoms with Gasteiger partial charge in [-0.1, -0.05) is 0 Å². The summed E-state index contributed by atoms with van der Waals surface area (Å²) in [7, 11) is 0. The van der Waals surface area contributed by atoms with Gasteiger partial charge < -0.3 is 9.64 Å². The molecule has 84 valence electrons. The lowest BCUT2D eigenvalue weighted by Crippen LogP contribution is -2.50. The molecule has 0 amide bonds. The van der Waals surface area contributed by atoms with Crippen molar-refractivity contribution in [2.24, 2.45) is 5.41 Å². The normalized spacial score (nSPS) is 77.9. The third-order valence-corrected chi connectivity index (χ3v) is 2.38. The fourth-order valence-electron chi connectivity index (χ4n) is 1.66. The van der Waals surface area contributed by atoms with Crippen molar-refractivity contribution < 1.29 is 26.7 Å². The molecule has 3 heteroatoms. The van der Waals surface area contributed by atoms with Gasteiger partial charge in [0.05, 0.1) is 11.2 Å². The molecule has 1 unspecified atom stereocenters. The lowest BCUT2D eigenvalue weighted by atomic mass is 9.73. The predicted molar refractivity (Wildman–Crippen MR) is 60.5 cm³/mol. The first-order valence-corrected chi connectivity index (χ1v) is 4.53. The highest BCUT2D eigenvalue weighted by molar-refractivity contribution is 5.32. The molecule has 4 rings (SSSR count). The first kappa shape index (κ1) is 2.51. The highest BCUT2D eigenvalue weighted by Crippen LogP contribution is 2.47. The van der Waals surface area contributed by atoms with Gasteiger partial charge in [0.2, 0.25) is 0 Å². The van der Waals surface area contributed by atoms with E-state index in [-0.39, 0.29) is 4.90 Å². The maximum absolute atomic E-state index is 8.84. The summed E-state index contributed by atoms with van der Waals surface area (Å²) >= 11 is 0. The predicted octanol–water partition coefficient (Wildman–Crippen LogP) is 1.48. The quantitative estimate of drug-likeness (QED) is 0.677. The second-order valence-corrected chi connectivity index (χ2v) is 3.38. The smallest absolute Gasteiger partial charge is 0.141 e. The first-order chi connectivity index (χ1) is 14.0. The second-order valence-electron chi connectivity index (χ2n) is 3.38. The van der Waals surface area contributed by atoms with Gasteiger partial charge in [-0.3, -0.25) is 4.98 Å². The van der Waals surface area contributed by atoms with Crippen LogP contribution in [0.1, 0.15) is 40.4 Å². The van der Waals surface area contributed by atoms with Crippen LogP contribution in [-0.2, 0) is 6.37 Å². The molecule has 2 fully saturated rings. The van der Waals surface area contributed by atoms with E-state index in [1.54, 1.807) is 0 Å². The molecule has 16 heavy (non-hydrogen) atoms. The largest absolute Gasteiger partial charge is 0.488 e. The average molecular weight is 232 g/mol. The summed E-state index contributed by atoms with van der Waals surface area (Å²) in [6.45, 7) is -11.1. The molecule has 2 saturated heterocycles. The standard InChI is InChI=1S/C13H16N2O/c1-2-11-10(14-5-1)8-13-4-7-15(9-13)6-3-12(13)16-11/h1-2,5,12H,3-4,6-9H2/t12-,13+/m0/s1/i1D,2D,3D2,4D2,5D,6D2,7D2,8D2,9D2,12D. The van der Waals surface area contributed by atoms with E-state index < -0.39 is 79.8 Å². The van der Waals surface area contributed by atoms with Crippen molar-refractivity contribution in [3.63, 3.8) is 0 Å². The van der Waals surface area contributed by atoms with E-state index in [4.69, 9.17) is 26.7 Å². The lowest BCUT2D eigenvalue weighted by Gasteiger charge is -2.44. The first-order valence-electron chi connectivity index (χ1n) is 12.5. The summed E-state index contributed by atoms with van der Waals surface area (Å²) in [5.41, 5.74) is -4.82. The van der Waals surface area contributed by atoms with Crippen molar-refractivity contribution in [3.05, 3.63) is 24.0 Å². The van der Waals surface area contributed by atoms with Gasteiger partial charge in [0.1, 0.15) is 11.8 Å². The van der Waals surface area contributed by atoms with E-state index in [0.29, 0.717) is 0 Å². The molecule has 4 heterocycles. The van der Waals surface area contributed by atoms with Crippen molar-refractivity contribution >= 4 is 0 Å². The van der Waals surface area contributed by atoms with Crippen LogP contribution in [-0.4, -0.2) is 35.5 Å². The average Bonchev–Trinajstić information content (AvgIpc) is 2.67. The van der Waals surface area contributed by atoms with Crippen LogP contribution in [0.5, 0.6) is 5.75 Å². The Morgan fingerprint density at radius 3 is 3.69 bits per heavy atom. The van der Waals surface area contributed by atoms with Gasteiger partial charge >= 0.3 is 0 Å². The van der Waals surface area contributed by atoms with Gasteiger partial charge in [-0.15, -0.1) is 0 Å². The maximum atomic E-state index is 8.84. The van der Waals surface area contributed by atoms with Gasteiger partial charge in [0, 0.05) is 47.4 Å². The Labute approximate surface area is 118 Å². The fraction of sp³-hybridized carbons (Fsp3) is 0.615. The third kappa shape index (κ3) is 1.09. The monoisotopic (exact) mass is 232 g/mol. The molecule has 0 saturated carbocycles. The Balaban J connectivity index is 2.30.